The molecule has 106 valence electrons. The summed E-state index contributed by atoms with van der Waals surface area (Å²) in [5.74, 6) is 1.02. The standard InChI is InChI=1S/C11H15N7O2/c1-17-11-15-7-8(12)13-4-14-9(7)18(11)10-6(16-17)2-5(3-19)20-10/h4-6,10,16,19H,2-3H2,1H3,(H2,12,13,14). The second-order valence-electron chi connectivity index (χ2n) is 5.07. The van der Waals surface area contributed by atoms with Crippen molar-refractivity contribution in [1.82, 2.24) is 24.9 Å². The molecule has 0 bridgehead atoms. The van der Waals surface area contributed by atoms with Gasteiger partial charge in [0.1, 0.15) is 6.33 Å². The number of rotatable bonds is 1. The van der Waals surface area contributed by atoms with Gasteiger partial charge in [-0.15, -0.1) is 0 Å². The first-order chi connectivity index (χ1) is 9.69. The summed E-state index contributed by atoms with van der Waals surface area (Å²) in [4.78, 5) is 12.7. The molecular formula is C11H15N7O2. The van der Waals surface area contributed by atoms with E-state index in [9.17, 15) is 5.11 Å². The van der Waals surface area contributed by atoms with Crippen molar-refractivity contribution in [3.8, 4) is 0 Å². The van der Waals surface area contributed by atoms with Crippen LogP contribution in [0.2, 0.25) is 0 Å². The van der Waals surface area contributed by atoms with Gasteiger partial charge in [-0.2, -0.15) is 0 Å². The lowest BCUT2D eigenvalue weighted by molar-refractivity contribution is -0.0294. The van der Waals surface area contributed by atoms with Gasteiger partial charge in [0.25, 0.3) is 0 Å². The average Bonchev–Trinajstić information content (AvgIpc) is 3.00. The van der Waals surface area contributed by atoms with Gasteiger partial charge in [0.2, 0.25) is 5.95 Å². The zero-order valence-electron chi connectivity index (χ0n) is 10.9. The Labute approximate surface area is 114 Å². The number of nitrogens with one attached hydrogen (secondary N) is 1. The van der Waals surface area contributed by atoms with E-state index in [1.807, 2.05) is 16.6 Å². The van der Waals surface area contributed by atoms with E-state index in [1.165, 1.54) is 6.33 Å². The molecular weight excluding hydrogens is 262 g/mol. The number of aliphatic hydroxyl groups excluding tert-OH is 1. The third-order valence-corrected chi connectivity index (χ3v) is 3.80. The van der Waals surface area contributed by atoms with Crippen LogP contribution < -0.4 is 16.2 Å². The minimum absolute atomic E-state index is 0.00250. The van der Waals surface area contributed by atoms with Crippen LogP contribution in [0.3, 0.4) is 0 Å². The van der Waals surface area contributed by atoms with Crippen molar-refractivity contribution in [2.24, 2.45) is 0 Å². The van der Waals surface area contributed by atoms with E-state index in [0.717, 1.165) is 6.42 Å². The molecule has 3 unspecified atom stereocenters. The highest BCUT2D eigenvalue weighted by Gasteiger charge is 2.43. The maximum atomic E-state index is 9.30. The number of hydrazine groups is 1. The van der Waals surface area contributed by atoms with Crippen LogP contribution in [0.25, 0.3) is 11.2 Å². The summed E-state index contributed by atoms with van der Waals surface area (Å²) in [6.07, 6.45) is 1.71. The lowest BCUT2D eigenvalue weighted by atomic mass is 10.1. The third-order valence-electron chi connectivity index (χ3n) is 3.80. The summed E-state index contributed by atoms with van der Waals surface area (Å²) in [7, 11) is 1.88. The highest BCUT2D eigenvalue weighted by molar-refractivity contribution is 5.84. The molecule has 4 rings (SSSR count). The molecule has 1 fully saturated rings. The molecule has 1 saturated heterocycles. The second kappa shape index (κ2) is 4.01. The number of aromatic nitrogens is 4. The molecule has 0 aliphatic carbocycles. The second-order valence-corrected chi connectivity index (χ2v) is 5.07. The van der Waals surface area contributed by atoms with Crippen molar-refractivity contribution in [3.05, 3.63) is 6.33 Å². The van der Waals surface area contributed by atoms with Crippen LogP contribution in [-0.4, -0.2) is 50.4 Å². The Bertz CT molecular complexity index is 672. The smallest absolute Gasteiger partial charge is 0.224 e. The van der Waals surface area contributed by atoms with Crippen LogP contribution in [0.1, 0.15) is 12.6 Å². The predicted octanol–water partition coefficient (Wildman–Crippen LogP) is -0.989. The number of nitrogens with two attached hydrogens (primary N) is 1. The number of imidazole rings is 1. The van der Waals surface area contributed by atoms with Crippen LogP contribution in [-0.2, 0) is 4.74 Å². The molecule has 3 atom stereocenters. The van der Waals surface area contributed by atoms with E-state index in [4.69, 9.17) is 10.5 Å². The molecule has 2 aromatic heterocycles. The van der Waals surface area contributed by atoms with E-state index in [1.54, 1.807) is 0 Å². The fourth-order valence-corrected chi connectivity index (χ4v) is 2.91. The Morgan fingerprint density at radius 3 is 3.20 bits per heavy atom. The summed E-state index contributed by atoms with van der Waals surface area (Å²) in [6, 6.07) is 0.0678. The molecule has 9 nitrogen and oxygen atoms in total. The van der Waals surface area contributed by atoms with Crippen LogP contribution in [0.15, 0.2) is 6.33 Å². The van der Waals surface area contributed by atoms with Gasteiger partial charge in [-0.3, -0.25) is 9.58 Å². The van der Waals surface area contributed by atoms with E-state index in [2.05, 4.69) is 20.4 Å². The average molecular weight is 277 g/mol. The first-order valence-corrected chi connectivity index (χ1v) is 6.43. The fourth-order valence-electron chi connectivity index (χ4n) is 2.91. The lowest BCUT2D eigenvalue weighted by Gasteiger charge is -2.34. The SMILES string of the molecule is CN1NC2CC(CO)OC2n2c1nc1c(N)ncnc12. The number of anilines is 2. The molecule has 20 heavy (non-hydrogen) atoms. The Balaban J connectivity index is 1.92. The number of nitrogen functional groups attached to an aromatic ring is 1. The molecule has 0 amide bonds. The molecule has 4 heterocycles. The lowest BCUT2D eigenvalue weighted by Crippen LogP contribution is -2.50. The topological polar surface area (TPSA) is 114 Å². The first kappa shape index (κ1) is 11.8. The van der Waals surface area contributed by atoms with Crippen molar-refractivity contribution < 1.29 is 9.84 Å². The molecule has 0 spiro atoms. The summed E-state index contributed by atoms with van der Waals surface area (Å²) in [5.41, 5.74) is 10.4. The maximum Gasteiger partial charge on any atom is 0.224 e. The third kappa shape index (κ3) is 1.45. The Hall–Kier alpha value is -1.97. The molecule has 0 saturated carbocycles. The minimum atomic E-state index is -0.252. The van der Waals surface area contributed by atoms with Crippen LogP contribution in [0, 0.1) is 0 Å². The Morgan fingerprint density at radius 2 is 2.40 bits per heavy atom. The fraction of sp³-hybridized carbons (Fsp3) is 0.545. The van der Waals surface area contributed by atoms with Crippen molar-refractivity contribution >= 4 is 22.9 Å². The first-order valence-electron chi connectivity index (χ1n) is 6.43. The van der Waals surface area contributed by atoms with Crippen molar-refractivity contribution in [3.63, 3.8) is 0 Å². The molecule has 0 radical (unpaired) electrons. The quantitative estimate of drug-likeness (QED) is 0.609. The van der Waals surface area contributed by atoms with Crippen LogP contribution in [0.5, 0.6) is 0 Å². The number of aliphatic hydroxyl groups is 1. The number of ether oxygens (including phenoxy) is 1. The normalized spacial score (nSPS) is 28.7. The number of hydrogen-bond acceptors (Lipinski definition) is 8. The van der Waals surface area contributed by atoms with Gasteiger partial charge in [0.15, 0.2) is 23.2 Å². The van der Waals surface area contributed by atoms with E-state index in [-0.39, 0.29) is 25.0 Å². The van der Waals surface area contributed by atoms with Gasteiger partial charge in [-0.25, -0.2) is 20.4 Å². The highest BCUT2D eigenvalue weighted by Crippen LogP contribution is 2.38. The van der Waals surface area contributed by atoms with Crippen molar-refractivity contribution in [2.45, 2.75) is 24.8 Å². The molecule has 9 heteroatoms. The molecule has 2 aromatic rings. The number of fused-ring (bicyclic) bond motifs is 5. The monoisotopic (exact) mass is 277 g/mol. The zero-order valence-corrected chi connectivity index (χ0v) is 10.9. The Morgan fingerprint density at radius 1 is 1.55 bits per heavy atom. The van der Waals surface area contributed by atoms with Gasteiger partial charge < -0.3 is 15.6 Å². The van der Waals surface area contributed by atoms with E-state index in [0.29, 0.717) is 22.9 Å². The van der Waals surface area contributed by atoms with Crippen molar-refractivity contribution in [1.29, 1.82) is 0 Å². The van der Waals surface area contributed by atoms with E-state index >= 15 is 0 Å². The number of hydrogen-bond donors (Lipinski definition) is 3. The van der Waals surface area contributed by atoms with Gasteiger partial charge in [0.05, 0.1) is 18.8 Å². The zero-order chi connectivity index (χ0) is 13.9. The molecule has 2 aliphatic heterocycles. The largest absolute Gasteiger partial charge is 0.394 e. The summed E-state index contributed by atoms with van der Waals surface area (Å²) in [6.45, 7) is -0.00250. The van der Waals surface area contributed by atoms with E-state index < -0.39 is 0 Å². The predicted molar refractivity (Wildman–Crippen MR) is 70.7 cm³/mol. The van der Waals surface area contributed by atoms with Crippen LogP contribution >= 0.6 is 0 Å². The van der Waals surface area contributed by atoms with Crippen LogP contribution in [0.4, 0.5) is 11.8 Å². The minimum Gasteiger partial charge on any atom is -0.394 e. The summed E-state index contributed by atoms with van der Waals surface area (Å²) >= 11 is 0. The van der Waals surface area contributed by atoms with Gasteiger partial charge in [-0.1, -0.05) is 0 Å². The maximum absolute atomic E-state index is 9.30. The van der Waals surface area contributed by atoms with Gasteiger partial charge >= 0.3 is 0 Å². The van der Waals surface area contributed by atoms with Crippen molar-refractivity contribution in [2.75, 3.05) is 24.4 Å². The molecule has 2 aliphatic rings. The summed E-state index contributed by atoms with van der Waals surface area (Å²) < 4.78 is 7.79. The highest BCUT2D eigenvalue weighted by atomic mass is 16.5. The number of nitrogens with zero attached hydrogens (tertiary/aromatic N) is 5. The molecule has 4 N–H and O–H groups in total. The summed E-state index contributed by atoms with van der Waals surface area (Å²) in [5, 5.41) is 11.1. The molecule has 0 aromatic carbocycles. The Kier molecular flexibility index (Phi) is 2.37. The van der Waals surface area contributed by atoms with Gasteiger partial charge in [-0.05, 0) is 6.42 Å². The van der Waals surface area contributed by atoms with Gasteiger partial charge in [0, 0.05) is 7.05 Å².